The first-order valence-corrected chi connectivity index (χ1v) is 7.45. The van der Waals surface area contributed by atoms with Crippen LogP contribution in [-0.4, -0.2) is 50.6 Å². The van der Waals surface area contributed by atoms with Crippen LogP contribution in [0.3, 0.4) is 0 Å². The van der Waals surface area contributed by atoms with Gasteiger partial charge >= 0.3 is 0 Å². The Balaban J connectivity index is 1.94. The molecule has 1 aliphatic rings. The number of carbonyl (C=O) groups excluding carboxylic acids is 1. The third-order valence-electron chi connectivity index (χ3n) is 3.86. The van der Waals surface area contributed by atoms with E-state index in [1.807, 2.05) is 24.9 Å². The Hall–Kier alpha value is -1.55. The van der Waals surface area contributed by atoms with Crippen molar-refractivity contribution in [2.45, 2.75) is 13.3 Å². The number of amides is 1. The summed E-state index contributed by atoms with van der Waals surface area (Å²) in [6, 6.07) is 10.5. The highest BCUT2D eigenvalue weighted by molar-refractivity contribution is 5.78. The first-order chi connectivity index (χ1) is 9.72. The molecule has 4 heteroatoms. The summed E-state index contributed by atoms with van der Waals surface area (Å²) in [5.74, 6) is 0.331. The van der Waals surface area contributed by atoms with Gasteiger partial charge in [0.1, 0.15) is 0 Å². The molecule has 20 heavy (non-hydrogen) atoms. The van der Waals surface area contributed by atoms with Crippen LogP contribution in [-0.2, 0) is 4.79 Å². The van der Waals surface area contributed by atoms with Crippen molar-refractivity contribution >= 4 is 11.6 Å². The maximum atomic E-state index is 12.4. The minimum atomic E-state index is 0.0586. The zero-order chi connectivity index (χ0) is 14.4. The number of rotatable bonds is 4. The Morgan fingerprint density at radius 2 is 1.95 bits per heavy atom. The van der Waals surface area contributed by atoms with Gasteiger partial charge in [0.25, 0.3) is 0 Å². The van der Waals surface area contributed by atoms with E-state index in [0.29, 0.717) is 0 Å². The summed E-state index contributed by atoms with van der Waals surface area (Å²) in [6.07, 6.45) is 1.03. The van der Waals surface area contributed by atoms with Crippen molar-refractivity contribution in [3.63, 3.8) is 0 Å². The molecule has 0 saturated carbocycles. The Kier molecular flexibility index (Phi) is 5.41. The molecule has 0 spiro atoms. The van der Waals surface area contributed by atoms with E-state index in [4.69, 9.17) is 0 Å². The van der Waals surface area contributed by atoms with Crippen molar-refractivity contribution < 1.29 is 4.79 Å². The molecule has 0 bridgehead atoms. The molecule has 1 aliphatic heterocycles. The van der Waals surface area contributed by atoms with Crippen LogP contribution >= 0.6 is 0 Å². The van der Waals surface area contributed by atoms with Gasteiger partial charge in [0.15, 0.2) is 0 Å². The van der Waals surface area contributed by atoms with Crippen LogP contribution in [0.5, 0.6) is 0 Å². The number of hydrogen-bond donors (Lipinski definition) is 1. The van der Waals surface area contributed by atoms with Crippen molar-refractivity contribution in [1.82, 2.24) is 10.2 Å². The van der Waals surface area contributed by atoms with E-state index in [9.17, 15) is 4.79 Å². The molecule has 0 aliphatic carbocycles. The summed E-state index contributed by atoms with van der Waals surface area (Å²) in [4.78, 5) is 16.7. The number of para-hydroxylation sites is 1. The summed E-state index contributed by atoms with van der Waals surface area (Å²) >= 11 is 0. The van der Waals surface area contributed by atoms with Crippen LogP contribution in [0.1, 0.15) is 13.3 Å². The zero-order valence-electron chi connectivity index (χ0n) is 12.5. The summed E-state index contributed by atoms with van der Waals surface area (Å²) in [7, 11) is 1.89. The van der Waals surface area contributed by atoms with E-state index in [0.717, 1.165) is 39.1 Å². The molecule has 1 saturated heterocycles. The predicted octanol–water partition coefficient (Wildman–Crippen LogP) is 1.58. The van der Waals surface area contributed by atoms with Gasteiger partial charge in [0, 0.05) is 44.3 Å². The van der Waals surface area contributed by atoms with Gasteiger partial charge in [-0.2, -0.15) is 0 Å². The highest BCUT2D eigenvalue weighted by atomic mass is 16.2. The monoisotopic (exact) mass is 275 g/mol. The maximum Gasteiger partial charge on any atom is 0.226 e. The topological polar surface area (TPSA) is 35.6 Å². The SMILES string of the molecule is CNCC(C)C(=O)N1CCCN(c2ccccc2)CC1. The number of nitrogens with one attached hydrogen (secondary N) is 1. The predicted molar refractivity (Wildman–Crippen MR) is 82.9 cm³/mol. The highest BCUT2D eigenvalue weighted by Crippen LogP contribution is 2.16. The van der Waals surface area contributed by atoms with E-state index in [1.165, 1.54) is 5.69 Å². The third-order valence-corrected chi connectivity index (χ3v) is 3.86. The normalized spacial score (nSPS) is 17.7. The molecule has 4 nitrogen and oxygen atoms in total. The van der Waals surface area contributed by atoms with Crippen molar-refractivity contribution in [3.8, 4) is 0 Å². The molecule has 0 aromatic heterocycles. The van der Waals surface area contributed by atoms with Crippen molar-refractivity contribution in [3.05, 3.63) is 30.3 Å². The lowest BCUT2D eigenvalue weighted by Crippen LogP contribution is -2.40. The number of anilines is 1. The maximum absolute atomic E-state index is 12.4. The number of benzene rings is 1. The minimum Gasteiger partial charge on any atom is -0.370 e. The Labute approximate surface area is 121 Å². The number of carbonyl (C=O) groups is 1. The first-order valence-electron chi connectivity index (χ1n) is 7.45. The smallest absolute Gasteiger partial charge is 0.226 e. The van der Waals surface area contributed by atoms with Crippen LogP contribution in [0.2, 0.25) is 0 Å². The van der Waals surface area contributed by atoms with Crippen molar-refractivity contribution in [2.75, 3.05) is 44.7 Å². The van der Waals surface area contributed by atoms with Crippen LogP contribution < -0.4 is 10.2 Å². The van der Waals surface area contributed by atoms with Gasteiger partial charge in [0.2, 0.25) is 5.91 Å². The molecule has 1 N–H and O–H groups in total. The second-order valence-corrected chi connectivity index (χ2v) is 5.46. The molecule has 1 amide bonds. The molecule has 1 heterocycles. The molecule has 1 fully saturated rings. The van der Waals surface area contributed by atoms with Crippen molar-refractivity contribution in [2.24, 2.45) is 5.92 Å². The van der Waals surface area contributed by atoms with E-state index >= 15 is 0 Å². The zero-order valence-corrected chi connectivity index (χ0v) is 12.5. The van der Waals surface area contributed by atoms with Crippen LogP contribution in [0.25, 0.3) is 0 Å². The van der Waals surface area contributed by atoms with Gasteiger partial charge in [-0.1, -0.05) is 25.1 Å². The van der Waals surface area contributed by atoms with E-state index in [-0.39, 0.29) is 11.8 Å². The molecular weight excluding hydrogens is 250 g/mol. The summed E-state index contributed by atoms with van der Waals surface area (Å²) in [6.45, 7) is 6.38. The molecular formula is C16H25N3O. The summed E-state index contributed by atoms with van der Waals surface area (Å²) in [5, 5.41) is 3.08. The van der Waals surface area contributed by atoms with E-state index in [1.54, 1.807) is 0 Å². The molecule has 1 atom stereocenters. The van der Waals surface area contributed by atoms with Crippen molar-refractivity contribution in [1.29, 1.82) is 0 Å². The standard InChI is InChI=1S/C16H25N3O/c1-14(13-17-2)16(20)19-10-6-9-18(11-12-19)15-7-4-3-5-8-15/h3-5,7-8,14,17H,6,9-13H2,1-2H3. The van der Waals surface area contributed by atoms with E-state index in [2.05, 4.69) is 34.5 Å². The minimum absolute atomic E-state index is 0.0586. The van der Waals surface area contributed by atoms with Crippen LogP contribution in [0, 0.1) is 5.92 Å². The fourth-order valence-corrected chi connectivity index (χ4v) is 2.74. The molecule has 1 unspecified atom stereocenters. The summed E-state index contributed by atoms with van der Waals surface area (Å²) in [5.41, 5.74) is 1.25. The quantitative estimate of drug-likeness (QED) is 0.906. The lowest BCUT2D eigenvalue weighted by atomic mass is 10.1. The Bertz CT molecular complexity index is 421. The number of hydrogen-bond acceptors (Lipinski definition) is 3. The Morgan fingerprint density at radius 3 is 2.65 bits per heavy atom. The second-order valence-electron chi connectivity index (χ2n) is 5.46. The summed E-state index contributed by atoms with van der Waals surface area (Å²) < 4.78 is 0. The first kappa shape index (κ1) is 14.9. The molecule has 1 aromatic rings. The Morgan fingerprint density at radius 1 is 1.20 bits per heavy atom. The van der Waals surface area contributed by atoms with Gasteiger partial charge in [0.05, 0.1) is 0 Å². The average molecular weight is 275 g/mol. The second kappa shape index (κ2) is 7.29. The molecule has 1 aromatic carbocycles. The largest absolute Gasteiger partial charge is 0.370 e. The van der Waals surface area contributed by atoms with Gasteiger partial charge in [-0.3, -0.25) is 4.79 Å². The lowest BCUT2D eigenvalue weighted by molar-refractivity contribution is -0.134. The van der Waals surface area contributed by atoms with Gasteiger partial charge in [-0.15, -0.1) is 0 Å². The molecule has 2 rings (SSSR count). The van der Waals surface area contributed by atoms with Gasteiger partial charge in [-0.25, -0.2) is 0 Å². The highest BCUT2D eigenvalue weighted by Gasteiger charge is 2.22. The van der Waals surface area contributed by atoms with Gasteiger partial charge in [-0.05, 0) is 25.6 Å². The van der Waals surface area contributed by atoms with Gasteiger partial charge < -0.3 is 15.1 Å². The fourth-order valence-electron chi connectivity index (χ4n) is 2.74. The lowest BCUT2D eigenvalue weighted by Gasteiger charge is -2.25. The fraction of sp³-hybridized carbons (Fsp3) is 0.562. The van der Waals surface area contributed by atoms with E-state index < -0.39 is 0 Å². The van der Waals surface area contributed by atoms with Crippen LogP contribution in [0.15, 0.2) is 30.3 Å². The molecule has 0 radical (unpaired) electrons. The average Bonchev–Trinajstić information content (AvgIpc) is 2.73. The molecule has 110 valence electrons. The van der Waals surface area contributed by atoms with Crippen LogP contribution in [0.4, 0.5) is 5.69 Å². The third kappa shape index (κ3) is 3.73. The number of nitrogens with zero attached hydrogens (tertiary/aromatic N) is 2.